The maximum absolute atomic E-state index is 13.7. The average Bonchev–Trinajstić information content (AvgIpc) is 3.84. The van der Waals surface area contributed by atoms with Crippen molar-refractivity contribution in [1.82, 2.24) is 24.9 Å². The Morgan fingerprint density at radius 1 is 1.07 bits per heavy atom. The van der Waals surface area contributed by atoms with Crippen molar-refractivity contribution in [2.24, 2.45) is 17.8 Å². The largest absolute Gasteiger partial charge is 0.471 e. The van der Waals surface area contributed by atoms with Crippen LogP contribution in [0.25, 0.3) is 11.1 Å². The van der Waals surface area contributed by atoms with Crippen molar-refractivity contribution in [3.63, 3.8) is 0 Å². The predicted octanol–water partition coefficient (Wildman–Crippen LogP) is 4.18. The molecule has 2 aliphatic carbocycles. The number of amides is 2. The lowest BCUT2D eigenvalue weighted by Gasteiger charge is -2.28. The topological polar surface area (TPSA) is 161 Å². The van der Waals surface area contributed by atoms with Gasteiger partial charge in [0, 0.05) is 29.2 Å². The molecule has 1 atom stereocenters. The molecule has 3 aromatic rings. The maximum Gasteiger partial charge on any atom is 0.471 e. The number of aryl methyl sites for hydroxylation is 1. The lowest BCUT2D eigenvalue weighted by Crippen LogP contribution is -2.50. The molecule has 0 radical (unpaired) electrons. The van der Waals surface area contributed by atoms with Crippen LogP contribution in [0.5, 0.6) is 0 Å². The van der Waals surface area contributed by atoms with Gasteiger partial charge in [-0.2, -0.15) is 10.2 Å². The van der Waals surface area contributed by atoms with E-state index in [2.05, 4.69) is 25.4 Å². The van der Waals surface area contributed by atoms with Crippen molar-refractivity contribution in [3.8, 4) is 11.1 Å². The highest BCUT2D eigenvalue weighted by Gasteiger charge is 2.48. The summed E-state index contributed by atoms with van der Waals surface area (Å²) in [4.78, 5) is 45.1. The molecule has 2 amide bonds. The number of nitrogens with one attached hydrogen (secondary N) is 2. The van der Waals surface area contributed by atoms with Gasteiger partial charge in [-0.05, 0) is 94.9 Å². The molecule has 1 aromatic carbocycles. The number of hydrogen-bond donors (Lipinski definition) is 4. The molecule has 2 saturated carbocycles. The standard InChI is InChI=1S/C28H37N6O6P/c1-16(2)34-23(13-14-29-34)27(35)31-26(25(20-5-6-20)21-7-8-21)28(36)30-22-11-9-19(10-12-22)24-17(3)32-33(18(24)4)15-40-41(37,38)39/h9-14,16,20-21,25-26H,5-8,15H2,1-4H3,(H,30,36)(H,31,35)(H2,37,38,39)/t26-/m0/s1. The Balaban J connectivity index is 1.33. The van der Waals surface area contributed by atoms with Gasteiger partial charge in [-0.3, -0.25) is 18.8 Å². The Morgan fingerprint density at radius 2 is 1.71 bits per heavy atom. The second-order valence-electron chi connectivity index (χ2n) is 11.3. The van der Waals surface area contributed by atoms with E-state index >= 15 is 0 Å². The van der Waals surface area contributed by atoms with Gasteiger partial charge in [-0.1, -0.05) is 12.1 Å². The number of nitrogens with zero attached hydrogens (tertiary/aromatic N) is 4. The van der Waals surface area contributed by atoms with Crippen molar-refractivity contribution in [3.05, 3.63) is 53.6 Å². The van der Waals surface area contributed by atoms with Crippen LogP contribution in [0.2, 0.25) is 0 Å². The van der Waals surface area contributed by atoms with E-state index in [-0.39, 0.29) is 30.5 Å². The summed E-state index contributed by atoms with van der Waals surface area (Å²) in [6, 6.07) is 8.34. The van der Waals surface area contributed by atoms with Crippen LogP contribution in [-0.4, -0.2) is 47.2 Å². The van der Waals surface area contributed by atoms with Crippen LogP contribution in [0.15, 0.2) is 36.5 Å². The van der Waals surface area contributed by atoms with Crippen molar-refractivity contribution in [2.45, 2.75) is 72.2 Å². The summed E-state index contributed by atoms with van der Waals surface area (Å²) >= 11 is 0. The highest BCUT2D eigenvalue weighted by atomic mass is 31.2. The minimum absolute atomic E-state index is 0.0113. The fourth-order valence-corrected chi connectivity index (χ4v) is 5.92. The zero-order chi connectivity index (χ0) is 29.5. The van der Waals surface area contributed by atoms with Crippen LogP contribution < -0.4 is 10.6 Å². The molecular weight excluding hydrogens is 547 g/mol. The average molecular weight is 585 g/mol. The van der Waals surface area contributed by atoms with Gasteiger partial charge in [0.2, 0.25) is 5.91 Å². The van der Waals surface area contributed by atoms with E-state index in [1.807, 2.05) is 26.0 Å². The number of anilines is 1. The van der Waals surface area contributed by atoms with Gasteiger partial charge in [0.05, 0.1) is 5.69 Å². The number of hydrogen-bond acceptors (Lipinski definition) is 6. The number of benzene rings is 1. The van der Waals surface area contributed by atoms with Gasteiger partial charge in [-0.15, -0.1) is 0 Å². The second kappa shape index (κ2) is 11.5. The third-order valence-corrected chi connectivity index (χ3v) is 8.30. The molecule has 13 heteroatoms. The molecule has 2 fully saturated rings. The summed E-state index contributed by atoms with van der Waals surface area (Å²) in [6.45, 7) is 7.14. The molecule has 41 heavy (non-hydrogen) atoms. The molecule has 0 unspecified atom stereocenters. The zero-order valence-electron chi connectivity index (χ0n) is 23.6. The first-order valence-corrected chi connectivity index (χ1v) is 15.5. The van der Waals surface area contributed by atoms with E-state index in [9.17, 15) is 14.2 Å². The molecule has 0 spiro atoms. The highest BCUT2D eigenvalue weighted by Crippen LogP contribution is 2.51. The van der Waals surface area contributed by atoms with Crippen molar-refractivity contribution in [1.29, 1.82) is 0 Å². The van der Waals surface area contributed by atoms with Crippen LogP contribution in [0, 0.1) is 31.6 Å². The Labute approximate surface area is 238 Å². The number of phosphoric acid groups is 1. The predicted molar refractivity (Wildman–Crippen MR) is 152 cm³/mol. The third kappa shape index (κ3) is 6.78. The SMILES string of the molecule is Cc1nn(COP(=O)(O)O)c(C)c1-c1ccc(NC(=O)[C@@H](NC(=O)c2ccnn2C(C)C)C(C2CC2)C2CC2)cc1. The fraction of sp³-hybridized carbons (Fsp3) is 0.500. The normalized spacial score (nSPS) is 16.3. The van der Waals surface area contributed by atoms with Gasteiger partial charge < -0.3 is 20.4 Å². The summed E-state index contributed by atoms with van der Waals surface area (Å²) in [5.41, 5.74) is 4.04. The van der Waals surface area contributed by atoms with Crippen LogP contribution in [0.1, 0.15) is 67.4 Å². The maximum atomic E-state index is 13.7. The van der Waals surface area contributed by atoms with Crippen molar-refractivity contribution >= 4 is 25.3 Å². The second-order valence-corrected chi connectivity index (χ2v) is 12.6. The van der Waals surface area contributed by atoms with Gasteiger partial charge in [-0.25, -0.2) is 9.25 Å². The number of aromatic nitrogens is 4. The molecule has 4 N–H and O–H groups in total. The minimum Gasteiger partial charge on any atom is -0.339 e. The summed E-state index contributed by atoms with van der Waals surface area (Å²) in [6.07, 6.45) is 5.90. The van der Waals surface area contributed by atoms with E-state index in [1.54, 1.807) is 42.9 Å². The van der Waals surface area contributed by atoms with Crippen LogP contribution in [-0.2, 0) is 20.6 Å². The highest BCUT2D eigenvalue weighted by molar-refractivity contribution is 7.46. The van der Waals surface area contributed by atoms with E-state index in [0.29, 0.717) is 34.6 Å². The van der Waals surface area contributed by atoms with Gasteiger partial charge >= 0.3 is 7.82 Å². The first kappa shape index (κ1) is 29.2. The lowest BCUT2D eigenvalue weighted by molar-refractivity contribution is -0.119. The molecular formula is C28H37N6O6P. The Kier molecular flexibility index (Phi) is 8.20. The third-order valence-electron chi connectivity index (χ3n) is 7.85. The number of carbonyl (C=O) groups excluding carboxylic acids is 2. The Hall–Kier alpha value is -3.31. The van der Waals surface area contributed by atoms with Gasteiger partial charge in [0.25, 0.3) is 5.91 Å². The molecule has 2 heterocycles. The Bertz CT molecular complexity index is 1460. The molecule has 0 bridgehead atoms. The minimum atomic E-state index is -4.63. The number of phosphoric ester groups is 1. The fourth-order valence-electron chi connectivity index (χ4n) is 5.66. The van der Waals surface area contributed by atoms with E-state index in [4.69, 9.17) is 9.79 Å². The van der Waals surface area contributed by atoms with Crippen LogP contribution in [0.4, 0.5) is 5.69 Å². The molecule has 5 rings (SSSR count). The lowest BCUT2D eigenvalue weighted by atomic mass is 9.88. The molecule has 0 aliphatic heterocycles. The number of carbonyl (C=O) groups is 2. The first-order chi connectivity index (χ1) is 19.4. The smallest absolute Gasteiger partial charge is 0.339 e. The first-order valence-electron chi connectivity index (χ1n) is 13.9. The quantitative estimate of drug-likeness (QED) is 0.231. The van der Waals surface area contributed by atoms with Crippen molar-refractivity contribution < 1.29 is 28.5 Å². The van der Waals surface area contributed by atoms with E-state index < -0.39 is 13.9 Å². The van der Waals surface area contributed by atoms with Crippen LogP contribution >= 0.6 is 7.82 Å². The summed E-state index contributed by atoms with van der Waals surface area (Å²) in [5, 5.41) is 14.7. The summed E-state index contributed by atoms with van der Waals surface area (Å²) in [5.74, 6) is 0.435. The Morgan fingerprint density at radius 3 is 2.27 bits per heavy atom. The molecule has 0 saturated heterocycles. The monoisotopic (exact) mass is 584 g/mol. The summed E-state index contributed by atoms with van der Waals surface area (Å²) < 4.78 is 18.8. The van der Waals surface area contributed by atoms with E-state index in [0.717, 1.165) is 36.8 Å². The molecule has 2 aliphatic rings. The van der Waals surface area contributed by atoms with Gasteiger partial charge in [0.15, 0.2) is 6.73 Å². The zero-order valence-corrected chi connectivity index (χ0v) is 24.5. The van der Waals surface area contributed by atoms with Gasteiger partial charge in [0.1, 0.15) is 11.7 Å². The summed E-state index contributed by atoms with van der Waals surface area (Å²) in [7, 11) is -4.63. The molecule has 2 aromatic heterocycles. The van der Waals surface area contributed by atoms with E-state index in [1.165, 1.54) is 4.68 Å². The van der Waals surface area contributed by atoms with Crippen molar-refractivity contribution in [2.75, 3.05) is 5.32 Å². The molecule has 220 valence electrons. The molecule has 12 nitrogen and oxygen atoms in total. The number of rotatable bonds is 12. The van der Waals surface area contributed by atoms with Crippen LogP contribution in [0.3, 0.4) is 0 Å².